The van der Waals surface area contributed by atoms with E-state index in [0.717, 1.165) is 38.8 Å². The number of nitrogens with zero attached hydrogens (tertiary/aromatic N) is 2. The minimum Gasteiger partial charge on any atom is -0.342 e. The minimum atomic E-state index is -0.0260. The van der Waals surface area contributed by atoms with Gasteiger partial charge in [-0.25, -0.2) is 0 Å². The Morgan fingerprint density at radius 2 is 1.62 bits per heavy atom. The monoisotopic (exact) mass is 314 g/mol. The van der Waals surface area contributed by atoms with Crippen molar-refractivity contribution >= 4 is 27.5 Å². The van der Waals surface area contributed by atoms with Gasteiger partial charge in [0.05, 0.1) is 16.6 Å². The third kappa shape index (κ3) is 2.02. The number of para-hydroxylation sites is 1. The molecule has 0 saturated carbocycles. The zero-order valence-electron chi connectivity index (χ0n) is 13.8. The molecular weight excluding hydrogens is 296 g/mol. The van der Waals surface area contributed by atoms with E-state index in [-0.39, 0.29) is 5.56 Å². The predicted octanol–water partition coefficient (Wildman–Crippen LogP) is 4.52. The molecule has 0 bridgehead atoms. The van der Waals surface area contributed by atoms with Crippen molar-refractivity contribution < 1.29 is 0 Å². The van der Waals surface area contributed by atoms with Crippen molar-refractivity contribution in [3.8, 4) is 5.69 Å². The topological polar surface area (TPSA) is 26.9 Å². The molecule has 0 atom stereocenters. The molecule has 0 spiro atoms. The highest BCUT2D eigenvalue weighted by Crippen LogP contribution is 2.28. The van der Waals surface area contributed by atoms with Gasteiger partial charge in [-0.2, -0.15) is 0 Å². The Balaban J connectivity index is 2.11. The number of rotatable bonds is 2. The Bertz CT molecular complexity index is 1140. The molecule has 3 nitrogen and oxygen atoms in total. The quantitative estimate of drug-likeness (QED) is 0.534. The molecule has 0 fully saturated rings. The summed E-state index contributed by atoms with van der Waals surface area (Å²) in [7, 11) is 2.03. The molecule has 2 heterocycles. The molecular formula is C21H18N2O. The van der Waals surface area contributed by atoms with Gasteiger partial charge >= 0.3 is 0 Å². The molecule has 0 radical (unpaired) electrons. The van der Waals surface area contributed by atoms with Gasteiger partial charge in [-0.05, 0) is 36.8 Å². The molecule has 4 rings (SSSR count). The minimum absolute atomic E-state index is 0.0260. The second-order valence-electron chi connectivity index (χ2n) is 6.14. The third-order valence-electron chi connectivity index (χ3n) is 4.57. The van der Waals surface area contributed by atoms with E-state index < -0.39 is 0 Å². The molecule has 24 heavy (non-hydrogen) atoms. The van der Waals surface area contributed by atoms with Crippen LogP contribution in [0.1, 0.15) is 12.5 Å². The SMILES string of the molecule is C=C(C)c1ccc(-n2c(=O)ccc3c2c2ccccc2n3C)cc1. The third-order valence-corrected chi connectivity index (χ3v) is 4.57. The largest absolute Gasteiger partial charge is 0.342 e. The molecule has 2 aromatic carbocycles. The van der Waals surface area contributed by atoms with Crippen LogP contribution in [0.3, 0.4) is 0 Å². The summed E-state index contributed by atoms with van der Waals surface area (Å²) in [6, 6.07) is 19.7. The summed E-state index contributed by atoms with van der Waals surface area (Å²) in [6.45, 7) is 5.95. The zero-order valence-corrected chi connectivity index (χ0v) is 13.8. The molecule has 0 aliphatic carbocycles. The van der Waals surface area contributed by atoms with Gasteiger partial charge in [0.15, 0.2) is 0 Å². The fourth-order valence-corrected chi connectivity index (χ4v) is 3.31. The van der Waals surface area contributed by atoms with E-state index in [1.165, 1.54) is 0 Å². The van der Waals surface area contributed by atoms with Crippen molar-refractivity contribution in [2.45, 2.75) is 6.92 Å². The van der Waals surface area contributed by atoms with Gasteiger partial charge in [-0.15, -0.1) is 0 Å². The molecule has 0 aliphatic heterocycles. The van der Waals surface area contributed by atoms with Gasteiger partial charge in [0.1, 0.15) is 0 Å². The fourth-order valence-electron chi connectivity index (χ4n) is 3.31. The van der Waals surface area contributed by atoms with Crippen molar-refractivity contribution in [2.75, 3.05) is 0 Å². The Morgan fingerprint density at radius 3 is 2.33 bits per heavy atom. The second-order valence-corrected chi connectivity index (χ2v) is 6.14. The van der Waals surface area contributed by atoms with Crippen LogP contribution >= 0.6 is 0 Å². The lowest BCUT2D eigenvalue weighted by atomic mass is 10.1. The summed E-state index contributed by atoms with van der Waals surface area (Å²) in [5.41, 5.74) is 6.04. The number of allylic oxidation sites excluding steroid dienone is 1. The van der Waals surface area contributed by atoms with Crippen LogP contribution in [0, 0.1) is 0 Å². The molecule has 0 saturated heterocycles. The average molecular weight is 314 g/mol. The maximum atomic E-state index is 12.6. The number of hydrogen-bond acceptors (Lipinski definition) is 1. The normalized spacial score (nSPS) is 11.2. The van der Waals surface area contributed by atoms with Crippen LogP contribution in [0.5, 0.6) is 0 Å². The molecule has 3 heteroatoms. The molecule has 0 aliphatic rings. The van der Waals surface area contributed by atoms with E-state index >= 15 is 0 Å². The second kappa shape index (κ2) is 5.24. The van der Waals surface area contributed by atoms with E-state index in [0.29, 0.717) is 0 Å². The summed E-state index contributed by atoms with van der Waals surface area (Å²) >= 11 is 0. The lowest BCUT2D eigenvalue weighted by molar-refractivity contribution is 0.994. The average Bonchev–Trinajstić information content (AvgIpc) is 2.88. The van der Waals surface area contributed by atoms with E-state index in [1.807, 2.05) is 56.4 Å². The first-order valence-electron chi connectivity index (χ1n) is 7.93. The van der Waals surface area contributed by atoms with Crippen LogP contribution < -0.4 is 5.56 Å². The summed E-state index contributed by atoms with van der Waals surface area (Å²) in [6.07, 6.45) is 0. The highest BCUT2D eigenvalue weighted by molar-refractivity contribution is 6.06. The van der Waals surface area contributed by atoms with Crippen LogP contribution in [0.25, 0.3) is 33.2 Å². The molecule has 0 amide bonds. The van der Waals surface area contributed by atoms with E-state index in [2.05, 4.69) is 23.3 Å². The van der Waals surface area contributed by atoms with Crippen LogP contribution in [0.2, 0.25) is 0 Å². The molecule has 0 unspecified atom stereocenters. The van der Waals surface area contributed by atoms with Gasteiger partial charge in [0.2, 0.25) is 0 Å². The fraction of sp³-hybridized carbons (Fsp3) is 0.0952. The number of pyridine rings is 1. The lowest BCUT2D eigenvalue weighted by Gasteiger charge is -2.10. The summed E-state index contributed by atoms with van der Waals surface area (Å²) in [5.74, 6) is 0. The van der Waals surface area contributed by atoms with E-state index in [4.69, 9.17) is 0 Å². The van der Waals surface area contributed by atoms with Crippen molar-refractivity contribution in [3.63, 3.8) is 0 Å². The van der Waals surface area contributed by atoms with Crippen LogP contribution in [-0.4, -0.2) is 9.13 Å². The first-order valence-corrected chi connectivity index (χ1v) is 7.93. The summed E-state index contributed by atoms with van der Waals surface area (Å²) in [4.78, 5) is 12.6. The van der Waals surface area contributed by atoms with Crippen molar-refractivity contribution in [3.05, 3.63) is 83.2 Å². The molecule has 4 aromatic rings. The van der Waals surface area contributed by atoms with Crippen molar-refractivity contribution in [2.24, 2.45) is 7.05 Å². The van der Waals surface area contributed by atoms with Gasteiger partial charge in [0, 0.05) is 24.2 Å². The number of aryl methyl sites for hydroxylation is 1. The van der Waals surface area contributed by atoms with Gasteiger partial charge in [-0.3, -0.25) is 9.36 Å². The van der Waals surface area contributed by atoms with E-state index in [1.54, 1.807) is 10.6 Å². The Morgan fingerprint density at radius 1 is 0.917 bits per heavy atom. The Hall–Kier alpha value is -3.07. The van der Waals surface area contributed by atoms with Gasteiger partial charge in [0.25, 0.3) is 5.56 Å². The standard InChI is InChI=1S/C21H18N2O/c1-14(2)15-8-10-16(11-9-15)23-20(24)13-12-19-21(23)17-6-4-5-7-18(17)22(19)3/h4-13H,1H2,2-3H3. The lowest BCUT2D eigenvalue weighted by Crippen LogP contribution is -2.17. The number of hydrogen-bond donors (Lipinski definition) is 0. The zero-order chi connectivity index (χ0) is 16.8. The highest BCUT2D eigenvalue weighted by Gasteiger charge is 2.13. The highest BCUT2D eigenvalue weighted by atomic mass is 16.1. The molecule has 118 valence electrons. The van der Waals surface area contributed by atoms with Crippen LogP contribution in [-0.2, 0) is 7.05 Å². The van der Waals surface area contributed by atoms with Gasteiger partial charge in [-0.1, -0.05) is 42.5 Å². The molecule has 0 N–H and O–H groups in total. The maximum Gasteiger partial charge on any atom is 0.255 e. The number of fused-ring (bicyclic) bond motifs is 3. The Labute approximate surface area is 140 Å². The molecule has 2 aromatic heterocycles. The van der Waals surface area contributed by atoms with Crippen molar-refractivity contribution in [1.29, 1.82) is 0 Å². The Kier molecular flexibility index (Phi) is 3.17. The van der Waals surface area contributed by atoms with Crippen LogP contribution in [0.15, 0.2) is 72.0 Å². The smallest absolute Gasteiger partial charge is 0.255 e. The summed E-state index contributed by atoms with van der Waals surface area (Å²) < 4.78 is 3.92. The van der Waals surface area contributed by atoms with Gasteiger partial charge < -0.3 is 4.57 Å². The first kappa shape index (κ1) is 14.5. The summed E-state index contributed by atoms with van der Waals surface area (Å²) in [5, 5.41) is 1.08. The maximum absolute atomic E-state index is 12.6. The number of benzene rings is 2. The van der Waals surface area contributed by atoms with E-state index in [9.17, 15) is 4.79 Å². The van der Waals surface area contributed by atoms with Crippen LogP contribution in [0.4, 0.5) is 0 Å². The first-order chi connectivity index (χ1) is 11.6. The number of aromatic nitrogens is 2. The predicted molar refractivity (Wildman–Crippen MR) is 101 cm³/mol. The van der Waals surface area contributed by atoms with Crippen molar-refractivity contribution in [1.82, 2.24) is 9.13 Å².